The molecule has 0 radical (unpaired) electrons. The van der Waals surface area contributed by atoms with Crippen LogP contribution in [0.15, 0.2) is 24.3 Å². The number of nitrogens with one attached hydrogen (secondary N) is 1. The van der Waals surface area contributed by atoms with Crippen LogP contribution in [0, 0.1) is 20.8 Å². The lowest BCUT2D eigenvalue weighted by atomic mass is 10.1. The van der Waals surface area contributed by atoms with Crippen LogP contribution in [0.25, 0.3) is 0 Å². The summed E-state index contributed by atoms with van der Waals surface area (Å²) >= 11 is 0. The van der Waals surface area contributed by atoms with Crippen LogP contribution in [0.1, 0.15) is 28.1 Å². The lowest BCUT2D eigenvalue weighted by Gasteiger charge is -2.06. The van der Waals surface area contributed by atoms with E-state index in [9.17, 15) is 4.79 Å². The first-order valence-corrected chi connectivity index (χ1v) is 7.28. The highest BCUT2D eigenvalue weighted by Crippen LogP contribution is 2.11. The van der Waals surface area contributed by atoms with E-state index in [-0.39, 0.29) is 5.91 Å². The third-order valence-corrected chi connectivity index (χ3v) is 3.84. The van der Waals surface area contributed by atoms with Gasteiger partial charge in [-0.25, -0.2) is 0 Å². The molecule has 1 aromatic heterocycles. The number of rotatable bonds is 5. The van der Waals surface area contributed by atoms with E-state index in [0.29, 0.717) is 13.0 Å². The van der Waals surface area contributed by atoms with Crippen LogP contribution in [0.4, 0.5) is 0 Å². The minimum absolute atomic E-state index is 0.0676. The Hall–Kier alpha value is -2.10. The second kappa shape index (κ2) is 6.57. The maximum Gasteiger partial charge on any atom is 0.224 e. The predicted molar refractivity (Wildman–Crippen MR) is 84.3 cm³/mol. The van der Waals surface area contributed by atoms with Gasteiger partial charge in [-0.2, -0.15) is 5.10 Å². The zero-order valence-corrected chi connectivity index (χ0v) is 13.2. The summed E-state index contributed by atoms with van der Waals surface area (Å²) < 4.78 is 1.89. The summed E-state index contributed by atoms with van der Waals surface area (Å²) in [7, 11) is 1.95. The van der Waals surface area contributed by atoms with Crippen LogP contribution >= 0.6 is 0 Å². The Bertz CT molecular complexity index is 626. The molecule has 0 bridgehead atoms. The fourth-order valence-electron chi connectivity index (χ4n) is 2.46. The first-order valence-electron chi connectivity index (χ1n) is 7.28. The maximum absolute atomic E-state index is 11.9. The Morgan fingerprint density at radius 2 is 1.86 bits per heavy atom. The Kier molecular flexibility index (Phi) is 4.78. The number of carbonyl (C=O) groups is 1. The number of nitrogens with zero attached hydrogens (tertiary/aromatic N) is 2. The van der Waals surface area contributed by atoms with E-state index in [1.807, 2.05) is 49.8 Å². The maximum atomic E-state index is 11.9. The van der Waals surface area contributed by atoms with Crippen LogP contribution in [-0.2, 0) is 24.7 Å². The predicted octanol–water partition coefficient (Wildman–Crippen LogP) is 2.25. The van der Waals surface area contributed by atoms with Gasteiger partial charge in [0.05, 0.1) is 12.1 Å². The number of benzene rings is 1. The molecular weight excluding hydrogens is 262 g/mol. The van der Waals surface area contributed by atoms with Crippen LogP contribution in [0.3, 0.4) is 0 Å². The van der Waals surface area contributed by atoms with Gasteiger partial charge >= 0.3 is 0 Å². The summed E-state index contributed by atoms with van der Waals surface area (Å²) in [5, 5.41) is 7.37. The summed E-state index contributed by atoms with van der Waals surface area (Å²) in [4.78, 5) is 11.9. The molecule has 0 atom stereocenters. The number of hydrogen-bond acceptors (Lipinski definition) is 2. The van der Waals surface area contributed by atoms with E-state index < -0.39 is 0 Å². The Labute approximate surface area is 126 Å². The molecule has 0 saturated carbocycles. The molecule has 1 aromatic carbocycles. The van der Waals surface area contributed by atoms with Crippen molar-refractivity contribution in [2.24, 2.45) is 7.05 Å². The Balaban J connectivity index is 1.83. The second-order valence-electron chi connectivity index (χ2n) is 5.54. The van der Waals surface area contributed by atoms with E-state index in [1.54, 1.807) is 0 Å². The molecule has 2 aromatic rings. The molecule has 1 N–H and O–H groups in total. The van der Waals surface area contributed by atoms with Crippen molar-refractivity contribution >= 4 is 5.91 Å². The zero-order chi connectivity index (χ0) is 15.4. The molecule has 1 heterocycles. The quantitative estimate of drug-likeness (QED) is 0.916. The molecule has 0 aliphatic rings. The lowest BCUT2D eigenvalue weighted by molar-refractivity contribution is -0.120. The van der Waals surface area contributed by atoms with Crippen molar-refractivity contribution in [1.29, 1.82) is 0 Å². The van der Waals surface area contributed by atoms with E-state index >= 15 is 0 Å². The van der Waals surface area contributed by atoms with Gasteiger partial charge in [0.1, 0.15) is 0 Å². The van der Waals surface area contributed by atoms with Gasteiger partial charge in [0.2, 0.25) is 5.91 Å². The molecule has 0 unspecified atom stereocenters. The van der Waals surface area contributed by atoms with Crippen molar-refractivity contribution in [2.45, 2.75) is 33.6 Å². The lowest BCUT2D eigenvalue weighted by Crippen LogP contribution is -2.27. The SMILES string of the molecule is Cc1ccc(CC(=O)NCCc2c(C)nn(C)c2C)cc1. The van der Waals surface area contributed by atoms with Gasteiger partial charge in [-0.05, 0) is 38.3 Å². The molecule has 112 valence electrons. The first kappa shape index (κ1) is 15.3. The average molecular weight is 285 g/mol. The number of carbonyl (C=O) groups excluding carboxylic acids is 1. The molecule has 4 heteroatoms. The zero-order valence-electron chi connectivity index (χ0n) is 13.2. The molecule has 0 aliphatic heterocycles. The standard InChI is InChI=1S/C17H23N3O/c1-12-5-7-15(8-6-12)11-17(21)18-10-9-16-13(2)19-20(4)14(16)3/h5-8H,9-11H2,1-4H3,(H,18,21). The van der Waals surface area contributed by atoms with Crippen molar-refractivity contribution in [1.82, 2.24) is 15.1 Å². The molecule has 1 amide bonds. The minimum atomic E-state index is 0.0676. The first-order chi connectivity index (χ1) is 9.97. The largest absolute Gasteiger partial charge is 0.355 e. The van der Waals surface area contributed by atoms with Crippen molar-refractivity contribution < 1.29 is 4.79 Å². The number of hydrogen-bond donors (Lipinski definition) is 1. The summed E-state index contributed by atoms with van der Waals surface area (Å²) in [6.07, 6.45) is 1.26. The highest BCUT2D eigenvalue weighted by Gasteiger charge is 2.09. The van der Waals surface area contributed by atoms with E-state index in [1.165, 1.54) is 16.8 Å². The highest BCUT2D eigenvalue weighted by molar-refractivity contribution is 5.78. The third kappa shape index (κ3) is 3.94. The monoisotopic (exact) mass is 285 g/mol. The van der Waals surface area contributed by atoms with Gasteiger partial charge < -0.3 is 5.32 Å². The van der Waals surface area contributed by atoms with Crippen LogP contribution in [-0.4, -0.2) is 22.2 Å². The number of aromatic nitrogens is 2. The van der Waals surface area contributed by atoms with Gasteiger partial charge in [0.25, 0.3) is 0 Å². The molecule has 0 fully saturated rings. The molecule has 0 aliphatic carbocycles. The minimum Gasteiger partial charge on any atom is -0.355 e. The number of amides is 1. The highest BCUT2D eigenvalue weighted by atomic mass is 16.1. The van der Waals surface area contributed by atoms with Crippen LogP contribution in [0.5, 0.6) is 0 Å². The average Bonchev–Trinajstić information content (AvgIpc) is 2.68. The van der Waals surface area contributed by atoms with Gasteiger partial charge in [0, 0.05) is 19.3 Å². The Morgan fingerprint density at radius 3 is 2.43 bits per heavy atom. The second-order valence-corrected chi connectivity index (χ2v) is 5.54. The van der Waals surface area contributed by atoms with E-state index in [0.717, 1.165) is 17.7 Å². The van der Waals surface area contributed by atoms with Gasteiger partial charge in [-0.15, -0.1) is 0 Å². The summed E-state index contributed by atoms with van der Waals surface area (Å²) in [6, 6.07) is 8.07. The van der Waals surface area contributed by atoms with E-state index in [2.05, 4.69) is 17.3 Å². The third-order valence-electron chi connectivity index (χ3n) is 3.84. The molecule has 0 spiro atoms. The normalized spacial score (nSPS) is 10.7. The van der Waals surface area contributed by atoms with Gasteiger partial charge in [-0.3, -0.25) is 9.48 Å². The summed E-state index contributed by atoms with van der Waals surface area (Å²) in [6.45, 7) is 6.76. The number of aryl methyl sites for hydroxylation is 3. The Morgan fingerprint density at radius 1 is 1.19 bits per heavy atom. The molecule has 0 saturated heterocycles. The van der Waals surface area contributed by atoms with Crippen LogP contribution < -0.4 is 5.32 Å². The van der Waals surface area contributed by atoms with Crippen molar-refractivity contribution in [2.75, 3.05) is 6.54 Å². The summed E-state index contributed by atoms with van der Waals surface area (Å²) in [5.41, 5.74) is 5.70. The van der Waals surface area contributed by atoms with Crippen molar-refractivity contribution in [3.05, 3.63) is 52.3 Å². The fourth-order valence-corrected chi connectivity index (χ4v) is 2.46. The van der Waals surface area contributed by atoms with Crippen LogP contribution in [0.2, 0.25) is 0 Å². The molecular formula is C17H23N3O. The van der Waals surface area contributed by atoms with Gasteiger partial charge in [-0.1, -0.05) is 29.8 Å². The summed E-state index contributed by atoms with van der Waals surface area (Å²) in [5.74, 6) is 0.0676. The van der Waals surface area contributed by atoms with Crippen molar-refractivity contribution in [3.8, 4) is 0 Å². The fraction of sp³-hybridized carbons (Fsp3) is 0.412. The van der Waals surface area contributed by atoms with Gasteiger partial charge in [0.15, 0.2) is 0 Å². The van der Waals surface area contributed by atoms with Crippen molar-refractivity contribution in [3.63, 3.8) is 0 Å². The molecule has 21 heavy (non-hydrogen) atoms. The topological polar surface area (TPSA) is 46.9 Å². The molecule has 2 rings (SSSR count). The van der Waals surface area contributed by atoms with E-state index in [4.69, 9.17) is 0 Å². The molecule has 4 nitrogen and oxygen atoms in total. The smallest absolute Gasteiger partial charge is 0.224 e.